The minimum atomic E-state index is -0.545. The zero-order valence-electron chi connectivity index (χ0n) is 15.1. The van der Waals surface area contributed by atoms with Gasteiger partial charge in [-0.1, -0.05) is 70.2 Å². The predicted molar refractivity (Wildman–Crippen MR) is 95.0 cm³/mol. The summed E-state index contributed by atoms with van der Waals surface area (Å²) in [5.74, 6) is -0.106. The fraction of sp³-hybridized carbons (Fsp3) is 0.600. The number of hydrogen-bond acceptors (Lipinski definition) is 3. The van der Waals surface area contributed by atoms with E-state index in [4.69, 9.17) is 4.74 Å². The molecule has 0 aliphatic heterocycles. The number of benzene rings is 1. The largest absolute Gasteiger partial charge is 0.393 e. The highest BCUT2D eigenvalue weighted by atomic mass is 16.5. The van der Waals surface area contributed by atoms with Crippen LogP contribution in [0, 0.1) is 17.3 Å². The molecule has 0 fully saturated rings. The molecule has 3 nitrogen and oxygen atoms in total. The lowest BCUT2D eigenvalue weighted by Gasteiger charge is -2.37. The SMILES string of the molecule is C=C(C(C)C(O)[C@@H](C)COCc1ccccc1)C(C)(C)C(C)O. The van der Waals surface area contributed by atoms with E-state index in [9.17, 15) is 10.2 Å². The van der Waals surface area contributed by atoms with Crippen molar-refractivity contribution in [3.05, 3.63) is 48.0 Å². The summed E-state index contributed by atoms with van der Waals surface area (Å²) in [6.07, 6.45) is -1.05. The molecule has 0 aromatic heterocycles. The first-order valence-electron chi connectivity index (χ1n) is 8.35. The molecule has 0 aliphatic rings. The van der Waals surface area contributed by atoms with Gasteiger partial charge < -0.3 is 14.9 Å². The molecule has 0 saturated carbocycles. The van der Waals surface area contributed by atoms with Gasteiger partial charge in [-0.3, -0.25) is 0 Å². The Bertz CT molecular complexity index is 479. The Morgan fingerprint density at radius 3 is 2.22 bits per heavy atom. The molecule has 3 unspecified atom stereocenters. The van der Waals surface area contributed by atoms with E-state index < -0.39 is 17.6 Å². The first-order valence-corrected chi connectivity index (χ1v) is 8.35. The molecule has 0 saturated heterocycles. The lowest BCUT2D eigenvalue weighted by Crippen LogP contribution is -2.37. The first kappa shape index (κ1) is 19.9. The minimum Gasteiger partial charge on any atom is -0.393 e. The molecular formula is C20H32O3. The number of aliphatic hydroxyl groups excluding tert-OH is 2. The van der Waals surface area contributed by atoms with Crippen LogP contribution < -0.4 is 0 Å². The third-order valence-electron chi connectivity index (χ3n) is 5.01. The van der Waals surface area contributed by atoms with Crippen LogP contribution in [-0.4, -0.2) is 29.0 Å². The maximum atomic E-state index is 10.6. The van der Waals surface area contributed by atoms with E-state index in [1.807, 2.05) is 58.0 Å². The van der Waals surface area contributed by atoms with Crippen LogP contribution in [0.1, 0.15) is 40.2 Å². The zero-order valence-corrected chi connectivity index (χ0v) is 15.1. The van der Waals surface area contributed by atoms with E-state index in [1.165, 1.54) is 0 Å². The summed E-state index contributed by atoms with van der Waals surface area (Å²) in [6.45, 7) is 14.8. The van der Waals surface area contributed by atoms with Crippen molar-refractivity contribution in [3.8, 4) is 0 Å². The summed E-state index contributed by atoms with van der Waals surface area (Å²) >= 11 is 0. The summed E-state index contributed by atoms with van der Waals surface area (Å²) in [5, 5.41) is 20.5. The fourth-order valence-corrected chi connectivity index (χ4v) is 2.59. The number of ether oxygens (including phenoxy) is 1. The highest BCUT2D eigenvalue weighted by Crippen LogP contribution is 2.36. The van der Waals surface area contributed by atoms with Gasteiger partial charge in [0.05, 0.1) is 25.4 Å². The molecular weight excluding hydrogens is 288 g/mol. The molecule has 1 aromatic carbocycles. The van der Waals surface area contributed by atoms with Gasteiger partial charge in [0, 0.05) is 17.3 Å². The van der Waals surface area contributed by atoms with Gasteiger partial charge in [0.1, 0.15) is 0 Å². The minimum absolute atomic E-state index is 0.00439. The van der Waals surface area contributed by atoms with E-state index in [-0.39, 0.29) is 11.8 Å². The first-order chi connectivity index (χ1) is 10.7. The third kappa shape index (κ3) is 5.45. The van der Waals surface area contributed by atoms with E-state index in [2.05, 4.69) is 6.58 Å². The molecule has 23 heavy (non-hydrogen) atoms. The molecule has 4 atom stereocenters. The van der Waals surface area contributed by atoms with Crippen LogP contribution in [0.3, 0.4) is 0 Å². The van der Waals surface area contributed by atoms with Gasteiger partial charge in [0.15, 0.2) is 0 Å². The molecule has 1 aromatic rings. The van der Waals surface area contributed by atoms with Crippen LogP contribution in [0.15, 0.2) is 42.5 Å². The highest BCUT2D eigenvalue weighted by Gasteiger charge is 2.34. The van der Waals surface area contributed by atoms with Crippen LogP contribution >= 0.6 is 0 Å². The van der Waals surface area contributed by atoms with Crippen molar-refractivity contribution in [2.45, 2.75) is 53.4 Å². The summed E-state index contributed by atoms with van der Waals surface area (Å²) in [5.41, 5.74) is 1.57. The van der Waals surface area contributed by atoms with Crippen molar-refractivity contribution in [2.24, 2.45) is 17.3 Å². The van der Waals surface area contributed by atoms with Crippen molar-refractivity contribution >= 4 is 0 Å². The summed E-state index contributed by atoms with van der Waals surface area (Å²) in [7, 11) is 0. The molecule has 0 spiro atoms. The van der Waals surface area contributed by atoms with Gasteiger partial charge in [-0.25, -0.2) is 0 Å². The molecule has 2 N–H and O–H groups in total. The standard InChI is InChI=1S/C20H32O3/c1-14(12-23-13-18-10-8-7-9-11-18)19(22)15(2)16(3)20(5,6)17(4)21/h7-11,14-15,17,19,21-22H,3,12-13H2,1-2,4-6H3/t14-,15?,17?,19?/m0/s1. The average molecular weight is 320 g/mol. The maximum Gasteiger partial charge on any atom is 0.0717 e. The average Bonchev–Trinajstić information content (AvgIpc) is 2.53. The summed E-state index contributed by atoms with van der Waals surface area (Å²) < 4.78 is 5.73. The Morgan fingerprint density at radius 1 is 1.13 bits per heavy atom. The quantitative estimate of drug-likeness (QED) is 0.680. The molecule has 1 rings (SSSR count). The molecule has 0 bridgehead atoms. The number of aliphatic hydroxyl groups is 2. The Hall–Kier alpha value is -1.16. The van der Waals surface area contributed by atoms with Gasteiger partial charge in [-0.15, -0.1) is 0 Å². The van der Waals surface area contributed by atoms with Crippen molar-refractivity contribution < 1.29 is 14.9 Å². The predicted octanol–water partition coefficient (Wildman–Crippen LogP) is 3.80. The van der Waals surface area contributed by atoms with E-state index >= 15 is 0 Å². The van der Waals surface area contributed by atoms with Gasteiger partial charge in [0.25, 0.3) is 0 Å². The monoisotopic (exact) mass is 320 g/mol. The van der Waals surface area contributed by atoms with E-state index in [0.29, 0.717) is 13.2 Å². The van der Waals surface area contributed by atoms with Crippen LogP contribution in [0.2, 0.25) is 0 Å². The normalized spacial score (nSPS) is 17.3. The molecule has 0 amide bonds. The Balaban J connectivity index is 2.52. The van der Waals surface area contributed by atoms with Gasteiger partial charge in [-0.2, -0.15) is 0 Å². The van der Waals surface area contributed by atoms with Gasteiger partial charge in [0.2, 0.25) is 0 Å². The summed E-state index contributed by atoms with van der Waals surface area (Å²) in [4.78, 5) is 0. The molecule has 130 valence electrons. The van der Waals surface area contributed by atoms with E-state index in [0.717, 1.165) is 11.1 Å². The molecule has 0 heterocycles. The second-order valence-electron chi connectivity index (χ2n) is 7.18. The second kappa shape index (κ2) is 8.62. The van der Waals surface area contributed by atoms with Crippen molar-refractivity contribution in [3.63, 3.8) is 0 Å². The lowest BCUT2D eigenvalue weighted by molar-refractivity contribution is 0.00196. The summed E-state index contributed by atoms with van der Waals surface area (Å²) in [6, 6.07) is 10.0. The van der Waals surface area contributed by atoms with Crippen LogP contribution in [-0.2, 0) is 11.3 Å². The Morgan fingerprint density at radius 2 is 1.70 bits per heavy atom. The van der Waals surface area contributed by atoms with Crippen molar-refractivity contribution in [2.75, 3.05) is 6.61 Å². The van der Waals surface area contributed by atoms with Crippen molar-refractivity contribution in [1.82, 2.24) is 0 Å². The molecule has 0 radical (unpaired) electrons. The van der Waals surface area contributed by atoms with E-state index in [1.54, 1.807) is 6.92 Å². The second-order valence-corrected chi connectivity index (χ2v) is 7.18. The highest BCUT2D eigenvalue weighted by molar-refractivity contribution is 5.15. The van der Waals surface area contributed by atoms with Gasteiger partial charge >= 0.3 is 0 Å². The van der Waals surface area contributed by atoms with Crippen LogP contribution in [0.25, 0.3) is 0 Å². The third-order valence-corrected chi connectivity index (χ3v) is 5.01. The number of hydrogen-bond donors (Lipinski definition) is 2. The molecule has 0 aliphatic carbocycles. The smallest absolute Gasteiger partial charge is 0.0717 e. The van der Waals surface area contributed by atoms with Crippen LogP contribution in [0.5, 0.6) is 0 Å². The maximum absolute atomic E-state index is 10.6. The molecule has 3 heteroatoms. The number of rotatable bonds is 9. The zero-order chi connectivity index (χ0) is 17.6. The van der Waals surface area contributed by atoms with Crippen LogP contribution in [0.4, 0.5) is 0 Å². The Labute approximate surface area is 141 Å². The lowest BCUT2D eigenvalue weighted by atomic mass is 9.72. The topological polar surface area (TPSA) is 49.7 Å². The van der Waals surface area contributed by atoms with Gasteiger partial charge in [-0.05, 0) is 12.5 Å². The fourth-order valence-electron chi connectivity index (χ4n) is 2.59. The van der Waals surface area contributed by atoms with Crippen molar-refractivity contribution in [1.29, 1.82) is 0 Å². The Kier molecular flexibility index (Phi) is 7.46.